The highest BCUT2D eigenvalue weighted by molar-refractivity contribution is 7.81. The van der Waals surface area contributed by atoms with Crippen LogP contribution in [0.5, 0.6) is 0 Å². The van der Waals surface area contributed by atoms with Crippen molar-refractivity contribution < 1.29 is 28.5 Å². The molecule has 0 bridgehead atoms. The van der Waals surface area contributed by atoms with E-state index in [1.807, 2.05) is 9.71 Å². The number of carbonyl (C=O) groups is 2. The van der Waals surface area contributed by atoms with Crippen LogP contribution in [-0.2, 0) is 28.5 Å². The van der Waals surface area contributed by atoms with Gasteiger partial charge in [0.05, 0.1) is 65.0 Å². The highest BCUT2D eigenvalue weighted by atomic mass is 32.1. The molecule has 0 saturated carbocycles. The fraction of sp³-hybridized carbons (Fsp3) is 0.909. The van der Waals surface area contributed by atoms with E-state index in [9.17, 15) is 9.59 Å². The molecule has 2 aliphatic rings. The number of amides is 2. The molecule has 2 heterocycles. The highest BCUT2D eigenvalue weighted by Crippen LogP contribution is 2.17. The number of piperazine rings is 1. The summed E-state index contributed by atoms with van der Waals surface area (Å²) in [6, 6.07) is 0.600. The zero-order chi connectivity index (χ0) is 24.4. The maximum atomic E-state index is 12.4. The summed E-state index contributed by atoms with van der Waals surface area (Å²) in [5.74, 6) is 0.237. The van der Waals surface area contributed by atoms with Crippen molar-refractivity contribution >= 4 is 32.4 Å². The molecule has 0 aromatic rings. The average molecular weight is 500 g/mol. The van der Waals surface area contributed by atoms with Crippen LogP contribution in [0.15, 0.2) is 0 Å². The van der Waals surface area contributed by atoms with Gasteiger partial charge in [-0.25, -0.2) is 0 Å². The van der Waals surface area contributed by atoms with Crippen molar-refractivity contribution in [2.24, 2.45) is 0 Å². The number of nitrogens with zero attached hydrogens (tertiary/aromatic N) is 3. The minimum Gasteiger partial charge on any atom is -0.379 e. The van der Waals surface area contributed by atoms with Crippen molar-refractivity contribution in [3.8, 4) is 0 Å². The van der Waals surface area contributed by atoms with Gasteiger partial charge in [-0.3, -0.25) is 14.5 Å². The van der Waals surface area contributed by atoms with Gasteiger partial charge < -0.3 is 34.0 Å². The molecule has 0 unspecified atom stereocenters. The first-order chi connectivity index (χ1) is 16.6. The maximum Gasteiger partial charge on any atom is 0.229 e. The molecule has 0 aliphatic carbocycles. The summed E-state index contributed by atoms with van der Waals surface area (Å²) in [6.07, 6.45) is 2.63. The van der Waals surface area contributed by atoms with E-state index in [-0.39, 0.29) is 17.6 Å². The third kappa shape index (κ3) is 12.7. The van der Waals surface area contributed by atoms with Crippen molar-refractivity contribution in [1.29, 1.82) is 0 Å². The van der Waals surface area contributed by atoms with Gasteiger partial charge in [0.2, 0.25) is 11.8 Å². The second kappa shape index (κ2) is 18.4. The van der Waals surface area contributed by atoms with Gasteiger partial charge in [0.25, 0.3) is 0 Å². The molecule has 0 spiro atoms. The summed E-state index contributed by atoms with van der Waals surface area (Å²) in [5, 5.41) is 2.67. The van der Waals surface area contributed by atoms with Crippen molar-refractivity contribution in [3.05, 3.63) is 0 Å². The van der Waals surface area contributed by atoms with Gasteiger partial charge in [-0.15, -0.1) is 0 Å². The normalized spacial score (nSPS) is 18.3. The lowest BCUT2D eigenvalue weighted by Gasteiger charge is -2.42. The Hall–Kier alpha value is -0.885. The molecule has 2 rings (SSSR count). The molecule has 0 aromatic heterocycles. The smallest absolute Gasteiger partial charge is 0.229 e. The van der Waals surface area contributed by atoms with Crippen LogP contribution in [0.1, 0.15) is 19.3 Å². The van der Waals surface area contributed by atoms with E-state index in [0.717, 1.165) is 52.1 Å². The molecule has 10 nitrogen and oxygen atoms in total. The molecular formula is C22H41BN4O6S. The van der Waals surface area contributed by atoms with E-state index in [1.165, 1.54) is 0 Å². The lowest BCUT2D eigenvalue weighted by Crippen LogP contribution is -2.54. The molecule has 0 aromatic carbocycles. The fourth-order valence-electron chi connectivity index (χ4n) is 3.99. The Morgan fingerprint density at radius 3 is 1.88 bits per heavy atom. The first kappa shape index (κ1) is 29.3. The van der Waals surface area contributed by atoms with Gasteiger partial charge in [0, 0.05) is 38.8 Å². The van der Waals surface area contributed by atoms with Crippen molar-refractivity contribution in [1.82, 2.24) is 19.9 Å². The zero-order valence-corrected chi connectivity index (χ0v) is 21.2. The monoisotopic (exact) mass is 500 g/mol. The first-order valence-corrected chi connectivity index (χ1v) is 12.9. The van der Waals surface area contributed by atoms with Crippen molar-refractivity contribution in [2.45, 2.75) is 25.3 Å². The molecule has 0 atom stereocenters. The van der Waals surface area contributed by atoms with E-state index < -0.39 is 0 Å². The largest absolute Gasteiger partial charge is 0.379 e. The molecule has 2 amide bonds. The van der Waals surface area contributed by atoms with Crippen LogP contribution in [-0.4, -0.2) is 145 Å². The Morgan fingerprint density at radius 1 is 0.794 bits per heavy atom. The van der Waals surface area contributed by atoms with Crippen LogP contribution >= 0.6 is 12.6 Å². The summed E-state index contributed by atoms with van der Waals surface area (Å²) in [7, 11) is 5.85. The summed E-state index contributed by atoms with van der Waals surface area (Å²) in [5.41, 5.74) is 0. The first-order valence-electron chi connectivity index (χ1n) is 12.3. The minimum atomic E-state index is -0.107. The SMILES string of the molecule is [B]N1CCC(N2CCN(C(=O)CCOCCOCCOCCOCCNC(=O)CS)CC2)CC1. The van der Waals surface area contributed by atoms with Gasteiger partial charge >= 0.3 is 0 Å². The average Bonchev–Trinajstić information content (AvgIpc) is 2.86. The number of thiol groups is 1. The lowest BCUT2D eigenvalue weighted by molar-refractivity contribution is -0.134. The Kier molecular flexibility index (Phi) is 15.9. The van der Waals surface area contributed by atoms with Crippen LogP contribution in [0.4, 0.5) is 0 Å². The predicted molar refractivity (Wildman–Crippen MR) is 133 cm³/mol. The summed E-state index contributed by atoms with van der Waals surface area (Å²) in [6.45, 7) is 9.55. The zero-order valence-electron chi connectivity index (χ0n) is 20.3. The second-order valence-electron chi connectivity index (χ2n) is 8.39. The number of hydrogen-bond acceptors (Lipinski definition) is 9. The van der Waals surface area contributed by atoms with Crippen LogP contribution in [0, 0.1) is 0 Å². The van der Waals surface area contributed by atoms with E-state index >= 15 is 0 Å². The number of ether oxygens (including phenoxy) is 4. The number of carbonyl (C=O) groups excluding carboxylic acids is 2. The van der Waals surface area contributed by atoms with Crippen LogP contribution in [0.2, 0.25) is 0 Å². The molecule has 2 aliphatic heterocycles. The topological polar surface area (TPSA) is 92.8 Å². The molecule has 34 heavy (non-hydrogen) atoms. The number of rotatable bonds is 17. The third-order valence-corrected chi connectivity index (χ3v) is 6.26. The van der Waals surface area contributed by atoms with Crippen molar-refractivity contribution in [2.75, 3.05) is 104 Å². The van der Waals surface area contributed by atoms with Crippen LogP contribution in [0.3, 0.4) is 0 Å². The molecule has 1 N–H and O–H groups in total. The summed E-state index contributed by atoms with van der Waals surface area (Å²) >= 11 is 3.87. The standard InChI is InChI=1S/C22H41BN4O6S/c23-27-5-1-20(2-6-27)25-7-9-26(10-8-25)22(29)3-11-30-13-15-32-17-18-33-16-14-31-12-4-24-21(28)19-34/h20,34H,1-19H2,(H,24,28). The molecule has 2 fully saturated rings. The minimum absolute atomic E-state index is 0.107. The van der Waals surface area contributed by atoms with Crippen molar-refractivity contribution in [3.63, 3.8) is 0 Å². The molecule has 2 saturated heterocycles. The van der Waals surface area contributed by atoms with E-state index in [2.05, 4.69) is 22.8 Å². The Morgan fingerprint density at radius 2 is 1.32 bits per heavy atom. The summed E-state index contributed by atoms with van der Waals surface area (Å²) < 4.78 is 21.7. The van der Waals surface area contributed by atoms with E-state index in [4.69, 9.17) is 26.9 Å². The lowest BCUT2D eigenvalue weighted by atomic mass is 10.00. The third-order valence-electron chi connectivity index (χ3n) is 5.97. The maximum absolute atomic E-state index is 12.4. The molecular weight excluding hydrogens is 459 g/mol. The van der Waals surface area contributed by atoms with E-state index in [1.54, 1.807) is 0 Å². The van der Waals surface area contributed by atoms with Gasteiger partial charge in [-0.2, -0.15) is 12.6 Å². The Labute approximate surface area is 210 Å². The second-order valence-corrected chi connectivity index (χ2v) is 8.71. The molecule has 2 radical (unpaired) electrons. The van der Waals surface area contributed by atoms with Gasteiger partial charge in [-0.05, 0) is 25.9 Å². The predicted octanol–water partition coefficient (Wildman–Crippen LogP) is -0.819. The molecule has 12 heteroatoms. The molecule has 194 valence electrons. The van der Waals surface area contributed by atoms with Crippen LogP contribution in [0.25, 0.3) is 0 Å². The van der Waals surface area contributed by atoms with Gasteiger partial charge in [0.15, 0.2) is 7.98 Å². The Balaban J connectivity index is 1.33. The number of piperidine rings is 1. The number of hydrogen-bond donors (Lipinski definition) is 2. The van der Waals surface area contributed by atoms with Gasteiger partial charge in [-0.1, -0.05) is 0 Å². The Bertz CT molecular complexity index is 564. The van der Waals surface area contributed by atoms with E-state index in [0.29, 0.717) is 71.9 Å². The summed E-state index contributed by atoms with van der Waals surface area (Å²) in [4.78, 5) is 29.7. The van der Waals surface area contributed by atoms with Crippen LogP contribution < -0.4 is 5.32 Å². The highest BCUT2D eigenvalue weighted by Gasteiger charge is 2.27. The fourth-order valence-corrected chi connectivity index (χ4v) is 4.10. The van der Waals surface area contributed by atoms with Gasteiger partial charge in [0.1, 0.15) is 0 Å². The number of nitrogens with one attached hydrogen (secondary N) is 1. The quantitative estimate of drug-likeness (QED) is 0.152.